The van der Waals surface area contributed by atoms with Gasteiger partial charge in [0.15, 0.2) is 5.65 Å². The van der Waals surface area contributed by atoms with Gasteiger partial charge < -0.3 is 4.90 Å². The Hall–Kier alpha value is -3.20. The second-order valence-corrected chi connectivity index (χ2v) is 6.48. The monoisotopic (exact) mass is 347 g/mol. The second-order valence-electron chi connectivity index (χ2n) is 6.48. The first-order valence-electron chi connectivity index (χ1n) is 8.59. The van der Waals surface area contributed by atoms with Crippen molar-refractivity contribution >= 4 is 16.9 Å². The van der Waals surface area contributed by atoms with Gasteiger partial charge in [-0.25, -0.2) is 9.67 Å². The number of pyridine rings is 1. The average molecular weight is 347 g/mol. The van der Waals surface area contributed by atoms with Crippen molar-refractivity contribution in [3.63, 3.8) is 0 Å². The molecule has 0 bridgehead atoms. The van der Waals surface area contributed by atoms with Crippen LogP contribution in [0.1, 0.15) is 36.7 Å². The molecule has 2 heterocycles. The molecule has 3 rings (SSSR count). The fourth-order valence-corrected chi connectivity index (χ4v) is 2.85. The zero-order chi connectivity index (χ0) is 18.7. The van der Waals surface area contributed by atoms with E-state index in [1.807, 2.05) is 54.9 Å². The summed E-state index contributed by atoms with van der Waals surface area (Å²) >= 11 is 0. The van der Waals surface area contributed by atoms with Gasteiger partial charge in [-0.1, -0.05) is 30.3 Å². The van der Waals surface area contributed by atoms with Crippen molar-refractivity contribution in [2.45, 2.75) is 26.3 Å². The van der Waals surface area contributed by atoms with E-state index in [0.29, 0.717) is 24.2 Å². The Morgan fingerprint density at radius 2 is 2.04 bits per heavy atom. The van der Waals surface area contributed by atoms with Crippen LogP contribution in [-0.2, 0) is 0 Å². The lowest BCUT2D eigenvalue weighted by Gasteiger charge is -2.17. The normalized spacial score (nSPS) is 10.9. The molecule has 0 N–H and O–H groups in total. The average Bonchev–Trinajstić information content (AvgIpc) is 3.09. The highest BCUT2D eigenvalue weighted by Crippen LogP contribution is 2.27. The lowest BCUT2D eigenvalue weighted by atomic mass is 10.1. The Morgan fingerprint density at radius 1 is 1.31 bits per heavy atom. The van der Waals surface area contributed by atoms with Crippen LogP contribution < -0.4 is 0 Å². The zero-order valence-corrected chi connectivity index (χ0v) is 15.2. The van der Waals surface area contributed by atoms with Crippen LogP contribution in [0.4, 0.5) is 0 Å². The summed E-state index contributed by atoms with van der Waals surface area (Å²) in [6.07, 6.45) is 2.00. The van der Waals surface area contributed by atoms with Gasteiger partial charge in [0.05, 0.1) is 35.3 Å². The molecule has 0 saturated carbocycles. The first-order valence-corrected chi connectivity index (χ1v) is 8.59. The van der Waals surface area contributed by atoms with Crippen molar-refractivity contribution in [3.05, 3.63) is 48.2 Å². The highest BCUT2D eigenvalue weighted by Gasteiger charge is 2.20. The molecule has 0 aliphatic carbocycles. The zero-order valence-electron chi connectivity index (χ0n) is 15.2. The van der Waals surface area contributed by atoms with E-state index in [-0.39, 0.29) is 11.9 Å². The smallest absolute Gasteiger partial charge is 0.254 e. The van der Waals surface area contributed by atoms with Crippen LogP contribution in [0.2, 0.25) is 0 Å². The quantitative estimate of drug-likeness (QED) is 0.706. The molecule has 0 radical (unpaired) electrons. The van der Waals surface area contributed by atoms with Gasteiger partial charge >= 0.3 is 0 Å². The van der Waals surface area contributed by atoms with Crippen LogP contribution in [0.3, 0.4) is 0 Å². The third kappa shape index (κ3) is 3.29. The topological polar surface area (TPSA) is 74.8 Å². The number of hydrogen-bond donors (Lipinski definition) is 0. The number of amides is 1. The third-order valence-corrected chi connectivity index (χ3v) is 4.26. The molecule has 0 spiro atoms. The molecular weight excluding hydrogens is 326 g/mol. The number of nitrogens with zero attached hydrogens (tertiary/aromatic N) is 5. The number of nitriles is 1. The molecule has 0 aliphatic rings. The highest BCUT2D eigenvalue weighted by molar-refractivity contribution is 6.06. The summed E-state index contributed by atoms with van der Waals surface area (Å²) in [5.41, 5.74) is 2.93. The highest BCUT2D eigenvalue weighted by atomic mass is 16.2. The van der Waals surface area contributed by atoms with Crippen molar-refractivity contribution < 1.29 is 4.79 Å². The van der Waals surface area contributed by atoms with E-state index >= 15 is 0 Å². The fourth-order valence-electron chi connectivity index (χ4n) is 2.85. The van der Waals surface area contributed by atoms with Gasteiger partial charge in [-0.2, -0.15) is 10.4 Å². The first-order chi connectivity index (χ1) is 12.5. The van der Waals surface area contributed by atoms with E-state index in [1.165, 1.54) is 0 Å². The lowest BCUT2D eigenvalue weighted by molar-refractivity contribution is 0.0800. The van der Waals surface area contributed by atoms with E-state index < -0.39 is 0 Å². The van der Waals surface area contributed by atoms with Gasteiger partial charge in [-0.15, -0.1) is 0 Å². The van der Waals surface area contributed by atoms with Gasteiger partial charge in [0.2, 0.25) is 0 Å². The molecule has 0 aliphatic heterocycles. The van der Waals surface area contributed by atoms with E-state index in [2.05, 4.69) is 11.2 Å². The minimum Gasteiger partial charge on any atom is -0.341 e. The summed E-state index contributed by atoms with van der Waals surface area (Å²) in [5, 5.41) is 13.9. The van der Waals surface area contributed by atoms with Gasteiger partial charge in [0.1, 0.15) is 0 Å². The number of hydrogen-bond acceptors (Lipinski definition) is 4. The molecule has 3 aromatic rings. The van der Waals surface area contributed by atoms with E-state index in [0.717, 1.165) is 16.6 Å². The fraction of sp³-hybridized carbons (Fsp3) is 0.300. The number of fused-ring (bicyclic) bond motifs is 1. The molecule has 0 fully saturated rings. The SMILES string of the molecule is CC(C)n1ncc2c(C(=O)N(C)CCC#N)cc(-c3ccccc3)nc21. The minimum absolute atomic E-state index is 0.130. The first kappa shape index (κ1) is 17.6. The number of benzene rings is 1. The summed E-state index contributed by atoms with van der Waals surface area (Å²) in [7, 11) is 1.71. The molecule has 6 nitrogen and oxygen atoms in total. The maximum Gasteiger partial charge on any atom is 0.254 e. The maximum atomic E-state index is 13.0. The van der Waals surface area contributed by atoms with Gasteiger partial charge in [-0.3, -0.25) is 4.79 Å². The molecule has 1 aromatic carbocycles. The summed E-state index contributed by atoms with van der Waals surface area (Å²) in [4.78, 5) is 19.3. The van der Waals surface area contributed by atoms with Crippen LogP contribution in [0.15, 0.2) is 42.6 Å². The van der Waals surface area contributed by atoms with E-state index in [1.54, 1.807) is 18.1 Å². The number of carbonyl (C=O) groups excluding carboxylic acids is 1. The standard InChI is InChI=1S/C20H21N5O/c1-14(2)25-19-17(13-22-25)16(20(26)24(3)11-7-10-21)12-18(23-19)15-8-5-4-6-9-15/h4-6,8-9,12-14H,7,11H2,1-3H3. The van der Waals surface area contributed by atoms with Crippen LogP contribution >= 0.6 is 0 Å². The van der Waals surface area contributed by atoms with Crippen molar-refractivity contribution in [2.75, 3.05) is 13.6 Å². The third-order valence-electron chi connectivity index (χ3n) is 4.26. The number of carbonyl (C=O) groups is 1. The van der Waals surface area contributed by atoms with Crippen molar-refractivity contribution in [3.8, 4) is 17.3 Å². The molecule has 0 saturated heterocycles. The predicted octanol–water partition coefficient (Wildman–Crippen LogP) is 3.66. The summed E-state index contributed by atoms with van der Waals surface area (Å²) in [5.74, 6) is -0.131. The Kier molecular flexibility index (Phi) is 4.99. The molecule has 6 heteroatoms. The molecule has 0 atom stereocenters. The molecule has 1 amide bonds. The van der Waals surface area contributed by atoms with Crippen molar-refractivity contribution in [1.29, 1.82) is 5.26 Å². The number of rotatable bonds is 5. The largest absolute Gasteiger partial charge is 0.341 e. The number of aromatic nitrogens is 3. The predicted molar refractivity (Wildman–Crippen MR) is 101 cm³/mol. The van der Waals surface area contributed by atoms with Crippen LogP contribution in [-0.4, -0.2) is 39.2 Å². The maximum absolute atomic E-state index is 13.0. The van der Waals surface area contributed by atoms with Crippen molar-refractivity contribution in [2.24, 2.45) is 0 Å². The minimum atomic E-state index is -0.131. The Labute approximate surface area is 152 Å². The Balaban J connectivity index is 2.18. The summed E-state index contributed by atoms with van der Waals surface area (Å²) in [6.45, 7) is 4.45. The van der Waals surface area contributed by atoms with Gasteiger partial charge in [0, 0.05) is 25.2 Å². The molecule has 0 unspecified atom stereocenters. The summed E-state index contributed by atoms with van der Waals surface area (Å²) < 4.78 is 1.83. The molecule has 132 valence electrons. The van der Waals surface area contributed by atoms with E-state index in [9.17, 15) is 4.79 Å². The second kappa shape index (κ2) is 7.36. The Morgan fingerprint density at radius 3 is 2.69 bits per heavy atom. The summed E-state index contributed by atoms with van der Waals surface area (Å²) in [6, 6.07) is 13.8. The van der Waals surface area contributed by atoms with Gasteiger partial charge in [-0.05, 0) is 19.9 Å². The molecular formula is C20H21N5O. The van der Waals surface area contributed by atoms with E-state index in [4.69, 9.17) is 10.2 Å². The van der Waals surface area contributed by atoms with Gasteiger partial charge in [0.25, 0.3) is 5.91 Å². The van der Waals surface area contributed by atoms with Crippen molar-refractivity contribution in [1.82, 2.24) is 19.7 Å². The molecule has 26 heavy (non-hydrogen) atoms. The Bertz CT molecular complexity index is 969. The molecule has 2 aromatic heterocycles. The van der Waals surface area contributed by atoms with Crippen LogP contribution in [0.5, 0.6) is 0 Å². The lowest BCUT2D eigenvalue weighted by Crippen LogP contribution is -2.27. The van der Waals surface area contributed by atoms with Crippen LogP contribution in [0.25, 0.3) is 22.3 Å². The van der Waals surface area contributed by atoms with Crippen LogP contribution in [0, 0.1) is 11.3 Å².